The Hall–Kier alpha value is -3.26. The van der Waals surface area contributed by atoms with Gasteiger partial charge in [-0.2, -0.15) is 0 Å². The van der Waals surface area contributed by atoms with E-state index in [-0.39, 0.29) is 33.7 Å². The minimum atomic E-state index is -3.96. The molecule has 2 N–H and O–H groups in total. The maximum Gasteiger partial charge on any atom is 0.269 e. The summed E-state index contributed by atoms with van der Waals surface area (Å²) in [5.74, 6) is -0.0684. The van der Waals surface area contributed by atoms with Crippen LogP contribution in [0.15, 0.2) is 53.4 Å². The minimum Gasteiger partial charge on any atom is -0.383 e. The van der Waals surface area contributed by atoms with Gasteiger partial charge in [-0.1, -0.05) is 36.2 Å². The predicted molar refractivity (Wildman–Crippen MR) is 122 cm³/mol. The summed E-state index contributed by atoms with van der Waals surface area (Å²) in [6, 6.07) is 12.8. The first-order chi connectivity index (χ1) is 15.3. The third-order valence-electron chi connectivity index (χ3n) is 6.26. The lowest BCUT2D eigenvalue weighted by Crippen LogP contribution is -2.16. The van der Waals surface area contributed by atoms with Gasteiger partial charge in [-0.15, -0.1) is 0 Å². The van der Waals surface area contributed by atoms with Crippen LogP contribution >= 0.6 is 0 Å². The summed E-state index contributed by atoms with van der Waals surface area (Å²) in [5, 5.41) is 0.544. The summed E-state index contributed by atoms with van der Waals surface area (Å²) in [6.07, 6.45) is 2.99. The predicted octanol–water partition coefficient (Wildman–Crippen LogP) is 4.94. The lowest BCUT2D eigenvalue weighted by Gasteiger charge is -2.26. The molecule has 1 fully saturated rings. The molecule has 0 bridgehead atoms. The highest BCUT2D eigenvalue weighted by molar-refractivity contribution is 7.90. The molecule has 0 radical (unpaired) electrons. The van der Waals surface area contributed by atoms with Gasteiger partial charge in [0.2, 0.25) is 0 Å². The Balaban J connectivity index is 1.84. The average Bonchev–Trinajstić information content (AvgIpc) is 3.00. The number of fused-ring (bicyclic) bond motifs is 1. The SMILES string of the molecule is Cc1ccc(S(=O)(=O)n2c(C)c(C3CCC3)c3c(N)nc(-c4ccccc4F)nc32)cc1. The Bertz CT molecular complexity index is 1460. The van der Waals surface area contributed by atoms with E-state index in [1.807, 2.05) is 6.92 Å². The fourth-order valence-corrected chi connectivity index (χ4v) is 5.90. The molecule has 0 atom stereocenters. The number of nitrogen functional groups attached to an aromatic ring is 1. The summed E-state index contributed by atoms with van der Waals surface area (Å²) in [6.45, 7) is 3.68. The highest BCUT2D eigenvalue weighted by Gasteiger charge is 2.33. The normalized spacial score (nSPS) is 14.6. The van der Waals surface area contributed by atoms with E-state index in [0.717, 1.165) is 30.4 Å². The third-order valence-corrected chi connectivity index (χ3v) is 8.06. The van der Waals surface area contributed by atoms with Crippen LogP contribution in [-0.2, 0) is 10.0 Å². The van der Waals surface area contributed by atoms with Gasteiger partial charge < -0.3 is 5.73 Å². The van der Waals surface area contributed by atoms with Crippen molar-refractivity contribution in [2.75, 3.05) is 5.73 Å². The smallest absolute Gasteiger partial charge is 0.269 e. The molecule has 6 nitrogen and oxygen atoms in total. The van der Waals surface area contributed by atoms with Crippen LogP contribution in [-0.4, -0.2) is 22.4 Å². The first kappa shape index (κ1) is 20.6. The Morgan fingerprint density at radius 3 is 2.34 bits per heavy atom. The van der Waals surface area contributed by atoms with E-state index in [2.05, 4.69) is 9.97 Å². The van der Waals surface area contributed by atoms with Crippen LogP contribution in [0.5, 0.6) is 0 Å². The molecule has 1 aliphatic rings. The maximum absolute atomic E-state index is 14.5. The molecule has 0 spiro atoms. The Morgan fingerprint density at radius 2 is 1.72 bits per heavy atom. The lowest BCUT2D eigenvalue weighted by molar-refractivity contribution is 0.420. The van der Waals surface area contributed by atoms with Gasteiger partial charge >= 0.3 is 0 Å². The molecular formula is C24H23FN4O2S. The van der Waals surface area contributed by atoms with Crippen molar-refractivity contribution >= 4 is 26.9 Å². The molecule has 2 aromatic carbocycles. The minimum absolute atomic E-state index is 0.0612. The Morgan fingerprint density at radius 1 is 1.03 bits per heavy atom. The summed E-state index contributed by atoms with van der Waals surface area (Å²) in [5.41, 5.74) is 9.14. The number of aryl methyl sites for hydroxylation is 1. The zero-order valence-corrected chi connectivity index (χ0v) is 18.7. The van der Waals surface area contributed by atoms with Gasteiger partial charge in [0.15, 0.2) is 11.5 Å². The van der Waals surface area contributed by atoms with Crippen LogP contribution in [0.1, 0.15) is 42.0 Å². The second-order valence-corrected chi connectivity index (χ2v) is 10.1. The highest BCUT2D eigenvalue weighted by atomic mass is 32.2. The fourth-order valence-electron chi connectivity index (χ4n) is 4.39. The summed E-state index contributed by atoms with van der Waals surface area (Å²) >= 11 is 0. The van der Waals surface area contributed by atoms with Crippen molar-refractivity contribution in [2.24, 2.45) is 0 Å². The van der Waals surface area contributed by atoms with Crippen molar-refractivity contribution in [2.45, 2.75) is 43.9 Å². The number of halogens is 1. The Labute approximate surface area is 186 Å². The van der Waals surface area contributed by atoms with Crippen molar-refractivity contribution in [3.05, 3.63) is 71.2 Å². The lowest BCUT2D eigenvalue weighted by atomic mass is 9.79. The van der Waals surface area contributed by atoms with Crippen LogP contribution in [0, 0.1) is 19.7 Å². The van der Waals surface area contributed by atoms with Crippen molar-refractivity contribution in [3.63, 3.8) is 0 Å². The van der Waals surface area contributed by atoms with E-state index in [1.54, 1.807) is 49.4 Å². The number of anilines is 1. The molecule has 5 rings (SSSR count). The molecule has 8 heteroatoms. The molecule has 32 heavy (non-hydrogen) atoms. The molecule has 0 aliphatic heterocycles. The van der Waals surface area contributed by atoms with E-state index in [1.165, 1.54) is 10.0 Å². The zero-order valence-electron chi connectivity index (χ0n) is 17.8. The maximum atomic E-state index is 14.5. The molecule has 2 heterocycles. The van der Waals surface area contributed by atoms with Gasteiger partial charge in [-0.3, -0.25) is 0 Å². The fraction of sp³-hybridized carbons (Fsp3) is 0.250. The number of aromatic nitrogens is 3. The number of hydrogen-bond donors (Lipinski definition) is 1. The molecule has 0 saturated heterocycles. The second kappa shape index (κ2) is 7.41. The van der Waals surface area contributed by atoms with Crippen LogP contribution in [0.25, 0.3) is 22.4 Å². The molecule has 4 aromatic rings. The molecule has 1 saturated carbocycles. The highest BCUT2D eigenvalue weighted by Crippen LogP contribution is 2.45. The number of hydrogen-bond acceptors (Lipinski definition) is 5. The summed E-state index contributed by atoms with van der Waals surface area (Å²) < 4.78 is 43.2. The van der Waals surface area contributed by atoms with Crippen molar-refractivity contribution in [1.29, 1.82) is 0 Å². The van der Waals surface area contributed by atoms with Crippen molar-refractivity contribution in [1.82, 2.24) is 13.9 Å². The number of nitrogens with zero attached hydrogens (tertiary/aromatic N) is 3. The molecule has 2 aromatic heterocycles. The molecule has 1 aliphatic carbocycles. The monoisotopic (exact) mass is 450 g/mol. The summed E-state index contributed by atoms with van der Waals surface area (Å²) in [7, 11) is -3.96. The molecule has 0 unspecified atom stereocenters. The molecule has 164 valence electrons. The topological polar surface area (TPSA) is 90.9 Å². The van der Waals surface area contributed by atoms with Crippen LogP contribution in [0.4, 0.5) is 10.2 Å². The first-order valence-electron chi connectivity index (χ1n) is 10.5. The van der Waals surface area contributed by atoms with Crippen LogP contribution in [0.3, 0.4) is 0 Å². The van der Waals surface area contributed by atoms with E-state index in [9.17, 15) is 12.8 Å². The number of benzene rings is 2. The molecule has 0 amide bonds. The first-order valence-corrected chi connectivity index (χ1v) is 12.0. The van der Waals surface area contributed by atoms with E-state index >= 15 is 0 Å². The van der Waals surface area contributed by atoms with E-state index in [4.69, 9.17) is 5.73 Å². The van der Waals surface area contributed by atoms with Crippen LogP contribution in [0.2, 0.25) is 0 Å². The van der Waals surface area contributed by atoms with Gasteiger partial charge in [0, 0.05) is 5.69 Å². The summed E-state index contributed by atoms with van der Waals surface area (Å²) in [4.78, 5) is 9.08. The Kier molecular flexibility index (Phi) is 4.78. The number of nitrogens with two attached hydrogens (primary N) is 1. The van der Waals surface area contributed by atoms with E-state index < -0.39 is 15.8 Å². The third kappa shape index (κ3) is 3.09. The number of rotatable bonds is 4. The van der Waals surface area contributed by atoms with E-state index in [0.29, 0.717) is 11.1 Å². The largest absolute Gasteiger partial charge is 0.383 e. The zero-order chi connectivity index (χ0) is 22.6. The van der Waals surface area contributed by atoms with Gasteiger partial charge in [0.1, 0.15) is 11.6 Å². The van der Waals surface area contributed by atoms with Crippen LogP contribution < -0.4 is 5.73 Å². The van der Waals surface area contributed by atoms with Gasteiger partial charge in [-0.25, -0.2) is 26.7 Å². The average molecular weight is 451 g/mol. The van der Waals surface area contributed by atoms with Gasteiger partial charge in [-0.05, 0) is 62.4 Å². The standard InChI is InChI=1S/C24H23FN4O2S/c1-14-10-12-17(13-11-14)32(30,31)29-15(2)20(16-6-5-7-16)21-22(26)27-23(28-24(21)29)18-8-3-4-9-19(18)25/h3-4,8-13,16H,5-7H2,1-2H3,(H2,26,27,28). The second-order valence-electron chi connectivity index (χ2n) is 8.32. The molecular weight excluding hydrogens is 427 g/mol. The van der Waals surface area contributed by atoms with Gasteiger partial charge in [0.05, 0.1) is 15.8 Å². The van der Waals surface area contributed by atoms with Gasteiger partial charge in [0.25, 0.3) is 10.0 Å². The quantitative estimate of drug-likeness (QED) is 0.475. The van der Waals surface area contributed by atoms with Crippen molar-refractivity contribution in [3.8, 4) is 11.4 Å². The van der Waals surface area contributed by atoms with Crippen molar-refractivity contribution < 1.29 is 12.8 Å².